The summed E-state index contributed by atoms with van der Waals surface area (Å²) in [4.78, 5) is 33.8. The molecule has 1 atom stereocenters. The van der Waals surface area contributed by atoms with Gasteiger partial charge in [0, 0.05) is 13.5 Å². The van der Waals surface area contributed by atoms with Crippen LogP contribution in [0.15, 0.2) is 24.3 Å². The number of carbonyl (C=O) groups is 3. The number of hydrogen-bond acceptors (Lipinski definition) is 4. The Balaban J connectivity index is 2.42. The van der Waals surface area contributed by atoms with Gasteiger partial charge in [0.1, 0.15) is 5.82 Å². The number of halogens is 1. The van der Waals surface area contributed by atoms with Crippen LogP contribution in [0.1, 0.15) is 20.3 Å². The van der Waals surface area contributed by atoms with Crippen molar-refractivity contribution in [2.45, 2.75) is 26.4 Å². The van der Waals surface area contributed by atoms with Gasteiger partial charge in [0.15, 0.2) is 6.10 Å². The van der Waals surface area contributed by atoms with Crippen LogP contribution in [0.2, 0.25) is 0 Å². The third-order valence-electron chi connectivity index (χ3n) is 2.51. The summed E-state index contributed by atoms with van der Waals surface area (Å²) in [5, 5.41) is 4.77. The molecule has 0 bridgehead atoms. The van der Waals surface area contributed by atoms with E-state index in [0.717, 1.165) is 0 Å². The summed E-state index contributed by atoms with van der Waals surface area (Å²) in [5.41, 5.74) is 0.0173. The standard InChI is InChI=1S/C14H17FN2O4/c1-9(21-13(19)7-8-16-10(2)18)14(20)17-12-6-4-3-5-11(12)15/h3-6,9H,7-8H2,1-2H3,(H,16,18)(H,17,20)/t9-/m0/s1. The number of benzene rings is 1. The molecule has 0 aromatic heterocycles. The Morgan fingerprint density at radius 1 is 1.29 bits per heavy atom. The van der Waals surface area contributed by atoms with Crippen LogP contribution in [0.25, 0.3) is 0 Å². The van der Waals surface area contributed by atoms with Crippen molar-refractivity contribution in [1.82, 2.24) is 5.32 Å². The summed E-state index contributed by atoms with van der Waals surface area (Å²) >= 11 is 0. The fourth-order valence-electron chi connectivity index (χ4n) is 1.45. The Morgan fingerprint density at radius 3 is 2.57 bits per heavy atom. The van der Waals surface area contributed by atoms with Crippen molar-refractivity contribution in [3.05, 3.63) is 30.1 Å². The smallest absolute Gasteiger partial charge is 0.308 e. The zero-order valence-corrected chi connectivity index (χ0v) is 11.8. The predicted molar refractivity (Wildman–Crippen MR) is 73.9 cm³/mol. The van der Waals surface area contributed by atoms with Gasteiger partial charge < -0.3 is 15.4 Å². The first kappa shape index (κ1) is 16.6. The summed E-state index contributed by atoms with van der Waals surface area (Å²) in [6.07, 6.45) is -1.11. The Labute approximate surface area is 121 Å². The molecular formula is C14H17FN2O4. The van der Waals surface area contributed by atoms with Gasteiger partial charge >= 0.3 is 5.97 Å². The van der Waals surface area contributed by atoms with E-state index in [1.807, 2.05) is 0 Å². The average molecular weight is 296 g/mol. The summed E-state index contributed by atoms with van der Waals surface area (Å²) in [7, 11) is 0. The number of carbonyl (C=O) groups excluding carboxylic acids is 3. The monoisotopic (exact) mass is 296 g/mol. The van der Waals surface area contributed by atoms with Gasteiger partial charge in [0.25, 0.3) is 5.91 Å². The van der Waals surface area contributed by atoms with Gasteiger partial charge in [0.05, 0.1) is 12.1 Å². The molecule has 0 spiro atoms. The molecule has 7 heteroatoms. The largest absolute Gasteiger partial charge is 0.452 e. The van der Waals surface area contributed by atoms with Crippen LogP contribution < -0.4 is 10.6 Å². The van der Waals surface area contributed by atoms with Crippen molar-refractivity contribution in [2.75, 3.05) is 11.9 Å². The fraction of sp³-hybridized carbons (Fsp3) is 0.357. The van der Waals surface area contributed by atoms with E-state index in [1.54, 1.807) is 6.07 Å². The van der Waals surface area contributed by atoms with Crippen molar-refractivity contribution in [3.63, 3.8) is 0 Å². The van der Waals surface area contributed by atoms with Crippen LogP contribution in [-0.2, 0) is 19.1 Å². The van der Waals surface area contributed by atoms with Crippen LogP contribution in [0.5, 0.6) is 0 Å². The molecule has 0 fully saturated rings. The topological polar surface area (TPSA) is 84.5 Å². The van der Waals surface area contributed by atoms with Gasteiger partial charge in [-0.25, -0.2) is 4.39 Å². The lowest BCUT2D eigenvalue weighted by Crippen LogP contribution is -2.31. The Hall–Kier alpha value is -2.44. The number of rotatable bonds is 6. The number of anilines is 1. The van der Waals surface area contributed by atoms with Gasteiger partial charge in [0.2, 0.25) is 5.91 Å². The van der Waals surface area contributed by atoms with Crippen LogP contribution in [-0.4, -0.2) is 30.4 Å². The number of ether oxygens (including phenoxy) is 1. The molecule has 114 valence electrons. The number of esters is 1. The van der Waals surface area contributed by atoms with Gasteiger partial charge in [-0.05, 0) is 19.1 Å². The molecule has 21 heavy (non-hydrogen) atoms. The third-order valence-corrected chi connectivity index (χ3v) is 2.51. The van der Waals surface area contributed by atoms with Crippen LogP contribution in [0, 0.1) is 5.82 Å². The second-order valence-electron chi connectivity index (χ2n) is 4.33. The molecular weight excluding hydrogens is 279 g/mol. The second kappa shape index (κ2) is 7.98. The molecule has 2 N–H and O–H groups in total. The number of nitrogens with one attached hydrogen (secondary N) is 2. The lowest BCUT2D eigenvalue weighted by Gasteiger charge is -2.14. The first-order valence-corrected chi connectivity index (χ1v) is 6.39. The molecule has 0 saturated heterocycles. The first-order valence-electron chi connectivity index (χ1n) is 6.39. The normalized spacial score (nSPS) is 11.4. The molecule has 1 aromatic carbocycles. The minimum atomic E-state index is -1.06. The number of amides is 2. The maximum atomic E-state index is 13.4. The first-order chi connectivity index (χ1) is 9.90. The van der Waals surface area contributed by atoms with E-state index in [0.29, 0.717) is 0 Å². The second-order valence-corrected chi connectivity index (χ2v) is 4.33. The zero-order chi connectivity index (χ0) is 15.8. The summed E-state index contributed by atoms with van der Waals surface area (Å²) in [5.74, 6) is -2.09. The molecule has 1 aromatic rings. The van der Waals surface area contributed by atoms with Crippen molar-refractivity contribution in [2.24, 2.45) is 0 Å². The average Bonchev–Trinajstić information content (AvgIpc) is 2.40. The van der Waals surface area contributed by atoms with Gasteiger partial charge in [-0.3, -0.25) is 14.4 Å². The van der Waals surface area contributed by atoms with Crippen LogP contribution in [0.3, 0.4) is 0 Å². The maximum Gasteiger partial charge on any atom is 0.308 e. The molecule has 1 rings (SSSR count). The summed E-state index contributed by atoms with van der Waals surface area (Å²) in [6.45, 7) is 2.85. The number of para-hydroxylation sites is 1. The van der Waals surface area contributed by atoms with E-state index in [4.69, 9.17) is 4.74 Å². The van der Waals surface area contributed by atoms with E-state index >= 15 is 0 Å². The van der Waals surface area contributed by atoms with Gasteiger partial charge in [-0.15, -0.1) is 0 Å². The summed E-state index contributed by atoms with van der Waals surface area (Å²) in [6, 6.07) is 5.68. The molecule has 0 unspecified atom stereocenters. The Bertz CT molecular complexity index is 533. The van der Waals surface area contributed by atoms with Crippen molar-refractivity contribution >= 4 is 23.5 Å². The van der Waals surface area contributed by atoms with Gasteiger partial charge in [-0.2, -0.15) is 0 Å². The van der Waals surface area contributed by atoms with E-state index in [-0.39, 0.29) is 24.6 Å². The van der Waals surface area contributed by atoms with Crippen LogP contribution in [0.4, 0.5) is 10.1 Å². The van der Waals surface area contributed by atoms with Crippen molar-refractivity contribution in [1.29, 1.82) is 0 Å². The molecule has 0 aliphatic carbocycles. The molecule has 0 heterocycles. The van der Waals surface area contributed by atoms with Crippen molar-refractivity contribution < 1.29 is 23.5 Å². The Kier molecular flexibility index (Phi) is 6.32. The Morgan fingerprint density at radius 2 is 1.95 bits per heavy atom. The molecule has 0 aliphatic rings. The lowest BCUT2D eigenvalue weighted by atomic mass is 10.3. The predicted octanol–water partition coefficient (Wildman–Crippen LogP) is 1.22. The highest BCUT2D eigenvalue weighted by Crippen LogP contribution is 2.13. The van der Waals surface area contributed by atoms with E-state index in [1.165, 1.54) is 32.0 Å². The quantitative estimate of drug-likeness (QED) is 0.773. The molecule has 6 nitrogen and oxygen atoms in total. The summed E-state index contributed by atoms with van der Waals surface area (Å²) < 4.78 is 18.2. The minimum Gasteiger partial charge on any atom is -0.452 e. The van der Waals surface area contributed by atoms with E-state index in [2.05, 4.69) is 10.6 Å². The highest BCUT2D eigenvalue weighted by Gasteiger charge is 2.18. The highest BCUT2D eigenvalue weighted by atomic mass is 19.1. The SMILES string of the molecule is CC(=O)NCCC(=O)O[C@@H](C)C(=O)Nc1ccccc1F. The van der Waals surface area contributed by atoms with Crippen LogP contribution >= 0.6 is 0 Å². The number of hydrogen-bond donors (Lipinski definition) is 2. The van der Waals surface area contributed by atoms with Crippen molar-refractivity contribution in [3.8, 4) is 0 Å². The molecule has 2 amide bonds. The zero-order valence-electron chi connectivity index (χ0n) is 11.8. The molecule has 0 saturated carbocycles. The lowest BCUT2D eigenvalue weighted by molar-refractivity contribution is -0.153. The molecule has 0 aliphatic heterocycles. The van der Waals surface area contributed by atoms with E-state index < -0.39 is 23.8 Å². The van der Waals surface area contributed by atoms with Gasteiger partial charge in [-0.1, -0.05) is 12.1 Å². The minimum absolute atomic E-state index is 0.0173. The fourth-order valence-corrected chi connectivity index (χ4v) is 1.45. The van der Waals surface area contributed by atoms with E-state index in [9.17, 15) is 18.8 Å². The highest BCUT2D eigenvalue weighted by molar-refractivity contribution is 5.95. The molecule has 0 radical (unpaired) electrons. The maximum absolute atomic E-state index is 13.4. The third kappa shape index (κ3) is 6.03.